The van der Waals surface area contributed by atoms with Crippen LogP contribution in [0.5, 0.6) is 5.75 Å². The van der Waals surface area contributed by atoms with Gasteiger partial charge in [-0.1, -0.05) is 30.3 Å². The summed E-state index contributed by atoms with van der Waals surface area (Å²) < 4.78 is 47.0. The molecule has 0 aliphatic heterocycles. The number of halogens is 1. The highest BCUT2D eigenvalue weighted by Crippen LogP contribution is 2.25. The van der Waals surface area contributed by atoms with Gasteiger partial charge >= 0.3 is 0 Å². The molecule has 0 fully saturated rings. The smallest absolute Gasteiger partial charge is 0.264 e. The third kappa shape index (κ3) is 7.10. The van der Waals surface area contributed by atoms with Crippen LogP contribution in [0.15, 0.2) is 83.8 Å². The van der Waals surface area contributed by atoms with Gasteiger partial charge in [0, 0.05) is 12.6 Å². The molecule has 0 saturated carbocycles. The molecule has 1 N–H and O–H groups in total. The largest absolute Gasteiger partial charge is 0.497 e. The van der Waals surface area contributed by atoms with Crippen LogP contribution in [-0.4, -0.2) is 50.9 Å². The van der Waals surface area contributed by atoms with E-state index in [1.54, 1.807) is 56.5 Å². The third-order valence-corrected chi connectivity index (χ3v) is 7.62. The topological polar surface area (TPSA) is 96.0 Å². The monoisotopic (exact) mass is 541 g/mol. The summed E-state index contributed by atoms with van der Waals surface area (Å²) in [4.78, 5) is 28.0. The van der Waals surface area contributed by atoms with Crippen molar-refractivity contribution < 1.29 is 27.1 Å². The predicted octanol–water partition coefficient (Wildman–Crippen LogP) is 3.97. The molecule has 0 unspecified atom stereocenters. The summed E-state index contributed by atoms with van der Waals surface area (Å²) in [6.45, 7) is 4.66. The maximum atomic E-state index is 13.8. The van der Waals surface area contributed by atoms with Crippen molar-refractivity contribution in [2.75, 3.05) is 18.0 Å². The van der Waals surface area contributed by atoms with Crippen molar-refractivity contribution in [1.29, 1.82) is 0 Å². The average molecular weight is 542 g/mol. The van der Waals surface area contributed by atoms with E-state index in [1.165, 1.54) is 29.2 Å². The van der Waals surface area contributed by atoms with Crippen LogP contribution in [0.2, 0.25) is 0 Å². The Morgan fingerprint density at radius 2 is 1.53 bits per heavy atom. The molecule has 3 aromatic carbocycles. The number of carbonyl (C=O) groups excluding carboxylic acids is 2. The fourth-order valence-corrected chi connectivity index (χ4v) is 5.21. The van der Waals surface area contributed by atoms with Crippen molar-refractivity contribution in [1.82, 2.24) is 10.2 Å². The van der Waals surface area contributed by atoms with Crippen LogP contribution in [0.4, 0.5) is 10.1 Å². The summed E-state index contributed by atoms with van der Waals surface area (Å²) in [5, 5.41) is 2.80. The highest BCUT2D eigenvalue weighted by Gasteiger charge is 2.32. The molecule has 2 amide bonds. The van der Waals surface area contributed by atoms with E-state index in [9.17, 15) is 22.4 Å². The fourth-order valence-electron chi connectivity index (χ4n) is 3.77. The number of nitrogens with zero attached hydrogens (tertiary/aromatic N) is 2. The normalized spacial score (nSPS) is 12.1. The van der Waals surface area contributed by atoms with Gasteiger partial charge in [-0.25, -0.2) is 12.8 Å². The second kappa shape index (κ2) is 12.6. The van der Waals surface area contributed by atoms with Gasteiger partial charge in [-0.3, -0.25) is 13.9 Å². The number of carbonyl (C=O) groups is 2. The van der Waals surface area contributed by atoms with E-state index in [0.717, 1.165) is 22.0 Å². The highest BCUT2D eigenvalue weighted by molar-refractivity contribution is 7.92. The molecule has 0 aliphatic carbocycles. The van der Waals surface area contributed by atoms with Gasteiger partial charge in [0.15, 0.2) is 0 Å². The first-order chi connectivity index (χ1) is 18.0. The molecule has 0 bridgehead atoms. The fraction of sp³-hybridized carbons (Fsp3) is 0.286. The molecule has 0 spiro atoms. The molecule has 38 heavy (non-hydrogen) atoms. The molecule has 1 atom stereocenters. The third-order valence-electron chi connectivity index (χ3n) is 5.83. The van der Waals surface area contributed by atoms with Gasteiger partial charge in [-0.15, -0.1) is 0 Å². The summed E-state index contributed by atoms with van der Waals surface area (Å²) in [7, 11) is -2.65. The van der Waals surface area contributed by atoms with Crippen molar-refractivity contribution in [3.8, 4) is 5.75 Å². The zero-order valence-corrected chi connectivity index (χ0v) is 22.6. The van der Waals surface area contributed by atoms with Gasteiger partial charge in [0.25, 0.3) is 10.0 Å². The Morgan fingerprint density at radius 1 is 0.921 bits per heavy atom. The molecule has 0 aliphatic rings. The van der Waals surface area contributed by atoms with Crippen LogP contribution in [0, 0.1) is 5.82 Å². The molecule has 10 heteroatoms. The van der Waals surface area contributed by atoms with Gasteiger partial charge in [0.05, 0.1) is 17.7 Å². The van der Waals surface area contributed by atoms with Crippen LogP contribution in [0.3, 0.4) is 0 Å². The molecule has 0 aromatic heterocycles. The SMILES string of the molecule is COc1ccc(CN(C(=O)CN(c2ccc(F)cc2)S(=O)(=O)c2ccccc2)[C@H](C)C(=O)NC(C)C)cc1. The van der Waals surface area contributed by atoms with Crippen LogP contribution in [-0.2, 0) is 26.2 Å². The molecular formula is C28H32FN3O5S. The quantitative estimate of drug-likeness (QED) is 0.396. The minimum Gasteiger partial charge on any atom is -0.497 e. The van der Waals surface area contributed by atoms with Gasteiger partial charge in [0.1, 0.15) is 24.2 Å². The molecule has 0 radical (unpaired) electrons. The number of amides is 2. The van der Waals surface area contributed by atoms with Crippen molar-refractivity contribution in [2.45, 2.75) is 44.3 Å². The summed E-state index contributed by atoms with van der Waals surface area (Å²) in [6.07, 6.45) is 0. The summed E-state index contributed by atoms with van der Waals surface area (Å²) in [5.74, 6) is -0.886. The number of anilines is 1. The maximum Gasteiger partial charge on any atom is 0.264 e. The Morgan fingerprint density at radius 3 is 2.08 bits per heavy atom. The summed E-state index contributed by atoms with van der Waals surface area (Å²) >= 11 is 0. The number of hydrogen-bond donors (Lipinski definition) is 1. The number of ether oxygens (including phenoxy) is 1. The van der Waals surface area contributed by atoms with Crippen molar-refractivity contribution in [2.24, 2.45) is 0 Å². The summed E-state index contributed by atoms with van der Waals surface area (Å²) in [5.41, 5.74) is 0.842. The van der Waals surface area contributed by atoms with Crippen molar-refractivity contribution >= 4 is 27.5 Å². The Hall–Kier alpha value is -3.92. The minimum absolute atomic E-state index is 0.0237. The lowest BCUT2D eigenvalue weighted by molar-refractivity contribution is -0.139. The summed E-state index contributed by atoms with van der Waals surface area (Å²) in [6, 6.07) is 18.5. The second-order valence-electron chi connectivity index (χ2n) is 9.01. The first-order valence-electron chi connectivity index (χ1n) is 12.1. The lowest BCUT2D eigenvalue weighted by Gasteiger charge is -2.32. The van der Waals surface area contributed by atoms with Crippen molar-refractivity contribution in [3.63, 3.8) is 0 Å². The number of sulfonamides is 1. The van der Waals surface area contributed by atoms with E-state index < -0.39 is 34.3 Å². The molecule has 3 rings (SSSR count). The lowest BCUT2D eigenvalue weighted by atomic mass is 10.1. The maximum absolute atomic E-state index is 13.8. The Kier molecular flexibility index (Phi) is 9.46. The standard InChI is InChI=1S/C28H32FN3O5S/c1-20(2)30-28(34)21(3)31(18-22-10-16-25(37-4)17-11-22)27(33)19-32(24-14-12-23(29)13-15-24)38(35,36)26-8-6-5-7-9-26/h5-17,20-21H,18-19H2,1-4H3,(H,30,34)/t21-/m1/s1. The first kappa shape index (κ1) is 28.6. The molecule has 0 saturated heterocycles. The number of nitrogens with one attached hydrogen (secondary N) is 1. The molecule has 8 nitrogen and oxygen atoms in total. The Labute approximate surface area is 223 Å². The lowest BCUT2D eigenvalue weighted by Crippen LogP contribution is -2.52. The Balaban J connectivity index is 2.00. The first-order valence-corrected chi connectivity index (χ1v) is 13.5. The van der Waals surface area contributed by atoms with Gasteiger partial charge < -0.3 is 15.0 Å². The van der Waals surface area contributed by atoms with Crippen LogP contribution in [0.25, 0.3) is 0 Å². The highest BCUT2D eigenvalue weighted by atomic mass is 32.2. The van der Waals surface area contributed by atoms with E-state index in [0.29, 0.717) is 5.75 Å². The van der Waals surface area contributed by atoms with Crippen LogP contribution in [0.1, 0.15) is 26.3 Å². The minimum atomic E-state index is -4.20. The second-order valence-corrected chi connectivity index (χ2v) is 10.9. The van der Waals surface area contributed by atoms with Crippen molar-refractivity contribution in [3.05, 3.63) is 90.2 Å². The molecule has 0 heterocycles. The van der Waals surface area contributed by atoms with Gasteiger partial charge in [-0.05, 0) is 74.9 Å². The predicted molar refractivity (Wildman–Crippen MR) is 144 cm³/mol. The average Bonchev–Trinajstić information content (AvgIpc) is 2.90. The zero-order chi connectivity index (χ0) is 27.9. The molecule has 3 aromatic rings. The Bertz CT molecular complexity index is 1330. The van der Waals surface area contributed by atoms with E-state index in [1.807, 2.05) is 13.8 Å². The van der Waals surface area contributed by atoms with Gasteiger partial charge in [0.2, 0.25) is 11.8 Å². The number of methoxy groups -OCH3 is 1. The van der Waals surface area contributed by atoms with E-state index in [-0.39, 0.29) is 29.1 Å². The van der Waals surface area contributed by atoms with Crippen LogP contribution >= 0.6 is 0 Å². The van der Waals surface area contributed by atoms with E-state index in [2.05, 4.69) is 5.32 Å². The van der Waals surface area contributed by atoms with Gasteiger partial charge in [-0.2, -0.15) is 0 Å². The number of rotatable bonds is 11. The number of hydrogen-bond acceptors (Lipinski definition) is 5. The molecule has 202 valence electrons. The van der Waals surface area contributed by atoms with Crippen LogP contribution < -0.4 is 14.4 Å². The zero-order valence-electron chi connectivity index (χ0n) is 21.8. The van der Waals surface area contributed by atoms with E-state index >= 15 is 0 Å². The number of benzene rings is 3. The molecular weight excluding hydrogens is 509 g/mol. The van der Waals surface area contributed by atoms with E-state index in [4.69, 9.17) is 4.74 Å².